The second kappa shape index (κ2) is 4.97. The van der Waals surface area contributed by atoms with Crippen LogP contribution in [-0.2, 0) is 4.74 Å². The van der Waals surface area contributed by atoms with E-state index in [1.807, 2.05) is 24.3 Å². The molecular formula is C15H16N2O2. The van der Waals surface area contributed by atoms with Crippen molar-refractivity contribution < 1.29 is 9.53 Å². The molecule has 19 heavy (non-hydrogen) atoms. The fraction of sp³-hybridized carbons (Fsp3) is 0.333. The van der Waals surface area contributed by atoms with E-state index in [1.54, 1.807) is 13.1 Å². The van der Waals surface area contributed by atoms with Crippen molar-refractivity contribution in [3.8, 4) is 0 Å². The zero-order valence-electron chi connectivity index (χ0n) is 10.9. The Morgan fingerprint density at radius 1 is 1.26 bits per heavy atom. The molecule has 98 valence electrons. The Hall–Kier alpha value is -1.94. The number of carbonyl (C=O) groups is 1. The van der Waals surface area contributed by atoms with Crippen molar-refractivity contribution in [1.82, 2.24) is 4.98 Å². The zero-order valence-corrected chi connectivity index (χ0v) is 10.9. The van der Waals surface area contributed by atoms with Gasteiger partial charge in [0.15, 0.2) is 5.78 Å². The highest BCUT2D eigenvalue weighted by Gasteiger charge is 2.20. The summed E-state index contributed by atoms with van der Waals surface area (Å²) in [6.45, 7) is 4.56. The predicted molar refractivity (Wildman–Crippen MR) is 74.8 cm³/mol. The third kappa shape index (κ3) is 2.19. The second-order valence-electron chi connectivity index (χ2n) is 4.70. The number of hydrogen-bond donors (Lipinski definition) is 0. The Bertz CT molecular complexity index is 619. The van der Waals surface area contributed by atoms with Crippen molar-refractivity contribution in [3.63, 3.8) is 0 Å². The average Bonchev–Trinajstić information content (AvgIpc) is 2.46. The first kappa shape index (κ1) is 12.1. The Morgan fingerprint density at radius 3 is 2.74 bits per heavy atom. The third-order valence-corrected chi connectivity index (χ3v) is 3.43. The summed E-state index contributed by atoms with van der Waals surface area (Å²) in [6, 6.07) is 8.06. The van der Waals surface area contributed by atoms with Crippen LogP contribution < -0.4 is 4.90 Å². The number of hydrogen-bond acceptors (Lipinski definition) is 4. The van der Waals surface area contributed by atoms with Crippen LogP contribution in [0.2, 0.25) is 0 Å². The molecule has 1 saturated heterocycles. The molecule has 0 unspecified atom stereocenters. The van der Waals surface area contributed by atoms with Gasteiger partial charge in [-0.15, -0.1) is 0 Å². The molecule has 4 nitrogen and oxygen atoms in total. The van der Waals surface area contributed by atoms with Crippen LogP contribution in [0.3, 0.4) is 0 Å². The van der Waals surface area contributed by atoms with Gasteiger partial charge in [0, 0.05) is 37.0 Å². The maximum absolute atomic E-state index is 11.8. The minimum Gasteiger partial charge on any atom is -0.378 e. The van der Waals surface area contributed by atoms with Gasteiger partial charge >= 0.3 is 0 Å². The number of rotatable bonds is 2. The molecule has 0 aliphatic carbocycles. The SMILES string of the molecule is CC(=O)c1ncc2ccccc2c1N1CCOCC1. The van der Waals surface area contributed by atoms with E-state index >= 15 is 0 Å². The van der Waals surface area contributed by atoms with Gasteiger partial charge in [0.25, 0.3) is 0 Å². The number of ketones is 1. The molecule has 1 fully saturated rings. The van der Waals surface area contributed by atoms with E-state index in [1.165, 1.54) is 0 Å². The maximum Gasteiger partial charge on any atom is 0.180 e. The fourth-order valence-electron chi connectivity index (χ4n) is 2.51. The monoisotopic (exact) mass is 256 g/mol. The number of carbonyl (C=O) groups excluding carboxylic acids is 1. The number of Topliss-reactive ketones (excluding diaryl/α,β-unsaturated/α-hetero) is 1. The number of anilines is 1. The van der Waals surface area contributed by atoms with Gasteiger partial charge in [0.2, 0.25) is 0 Å². The van der Waals surface area contributed by atoms with Gasteiger partial charge in [-0.2, -0.15) is 0 Å². The lowest BCUT2D eigenvalue weighted by atomic mass is 10.1. The molecule has 1 aromatic carbocycles. The summed E-state index contributed by atoms with van der Waals surface area (Å²) in [5.41, 5.74) is 1.51. The number of pyridine rings is 1. The smallest absolute Gasteiger partial charge is 0.180 e. The quantitative estimate of drug-likeness (QED) is 0.773. The van der Waals surface area contributed by atoms with Crippen LogP contribution in [0.4, 0.5) is 5.69 Å². The summed E-state index contributed by atoms with van der Waals surface area (Å²) in [5.74, 6) is 0.00671. The van der Waals surface area contributed by atoms with Gasteiger partial charge in [-0.05, 0) is 0 Å². The molecule has 2 aromatic rings. The molecule has 1 aliphatic heterocycles. The Labute approximate surface area is 112 Å². The van der Waals surface area contributed by atoms with Crippen LogP contribution in [0.5, 0.6) is 0 Å². The van der Waals surface area contributed by atoms with Crippen LogP contribution in [0.25, 0.3) is 10.8 Å². The number of morpholine rings is 1. The molecule has 0 amide bonds. The molecule has 2 heterocycles. The van der Waals surface area contributed by atoms with Gasteiger partial charge < -0.3 is 9.64 Å². The van der Waals surface area contributed by atoms with Gasteiger partial charge in [-0.25, -0.2) is 0 Å². The van der Waals surface area contributed by atoms with E-state index in [9.17, 15) is 4.79 Å². The van der Waals surface area contributed by atoms with E-state index < -0.39 is 0 Å². The van der Waals surface area contributed by atoms with Crippen molar-refractivity contribution in [1.29, 1.82) is 0 Å². The molecule has 0 atom stereocenters. The minimum atomic E-state index is 0.00671. The Kier molecular flexibility index (Phi) is 3.17. The first-order valence-corrected chi connectivity index (χ1v) is 6.49. The topological polar surface area (TPSA) is 42.4 Å². The van der Waals surface area contributed by atoms with Crippen LogP contribution >= 0.6 is 0 Å². The number of benzene rings is 1. The van der Waals surface area contributed by atoms with Gasteiger partial charge in [-0.3, -0.25) is 9.78 Å². The van der Waals surface area contributed by atoms with Gasteiger partial charge in [0.1, 0.15) is 5.69 Å². The largest absolute Gasteiger partial charge is 0.378 e. The first-order valence-electron chi connectivity index (χ1n) is 6.49. The van der Waals surface area contributed by atoms with Crippen LogP contribution in [0.1, 0.15) is 17.4 Å². The molecule has 0 radical (unpaired) electrons. The Balaban J connectivity index is 2.21. The first-order chi connectivity index (χ1) is 9.27. The van der Waals surface area contributed by atoms with E-state index in [0.29, 0.717) is 18.9 Å². The minimum absolute atomic E-state index is 0.00671. The normalized spacial score (nSPS) is 15.7. The van der Waals surface area contributed by atoms with E-state index in [-0.39, 0.29) is 5.78 Å². The van der Waals surface area contributed by atoms with Crippen LogP contribution in [0.15, 0.2) is 30.5 Å². The van der Waals surface area contributed by atoms with Crippen molar-refractivity contribution in [2.45, 2.75) is 6.92 Å². The molecule has 3 rings (SSSR count). The molecule has 0 saturated carbocycles. The summed E-state index contributed by atoms with van der Waals surface area (Å²) < 4.78 is 5.39. The summed E-state index contributed by atoms with van der Waals surface area (Å²) in [6.07, 6.45) is 1.77. The lowest BCUT2D eigenvalue weighted by Crippen LogP contribution is -2.37. The van der Waals surface area contributed by atoms with Crippen molar-refractivity contribution in [2.75, 3.05) is 31.2 Å². The lowest BCUT2D eigenvalue weighted by Gasteiger charge is -2.30. The Morgan fingerprint density at radius 2 is 2.00 bits per heavy atom. The van der Waals surface area contributed by atoms with Crippen molar-refractivity contribution in [3.05, 3.63) is 36.2 Å². The maximum atomic E-state index is 11.8. The zero-order chi connectivity index (χ0) is 13.2. The summed E-state index contributed by atoms with van der Waals surface area (Å²) in [5, 5.41) is 2.15. The lowest BCUT2D eigenvalue weighted by molar-refractivity contribution is 0.101. The standard InChI is InChI=1S/C15H16N2O2/c1-11(18)14-15(17-6-8-19-9-7-17)13-5-3-2-4-12(13)10-16-14/h2-5,10H,6-9H2,1H3. The van der Waals surface area contributed by atoms with Gasteiger partial charge in [-0.1, -0.05) is 24.3 Å². The van der Waals surface area contributed by atoms with Gasteiger partial charge in [0.05, 0.1) is 18.9 Å². The summed E-state index contributed by atoms with van der Waals surface area (Å²) in [4.78, 5) is 18.4. The predicted octanol–water partition coefficient (Wildman–Crippen LogP) is 2.27. The van der Waals surface area contributed by atoms with Crippen molar-refractivity contribution >= 4 is 22.2 Å². The summed E-state index contributed by atoms with van der Waals surface area (Å²) in [7, 11) is 0. The highest BCUT2D eigenvalue weighted by atomic mass is 16.5. The third-order valence-electron chi connectivity index (χ3n) is 3.43. The van der Waals surface area contributed by atoms with E-state index in [4.69, 9.17) is 4.74 Å². The second-order valence-corrected chi connectivity index (χ2v) is 4.70. The highest BCUT2D eigenvalue weighted by molar-refractivity contribution is 6.06. The van der Waals surface area contributed by atoms with E-state index in [2.05, 4.69) is 9.88 Å². The molecule has 1 aromatic heterocycles. The fourth-order valence-corrected chi connectivity index (χ4v) is 2.51. The number of fused-ring (bicyclic) bond motifs is 1. The highest BCUT2D eigenvalue weighted by Crippen LogP contribution is 2.30. The van der Waals surface area contributed by atoms with E-state index in [0.717, 1.165) is 29.5 Å². The number of nitrogens with zero attached hydrogens (tertiary/aromatic N) is 2. The molecule has 4 heteroatoms. The average molecular weight is 256 g/mol. The molecule has 0 spiro atoms. The molecule has 1 aliphatic rings. The molecular weight excluding hydrogens is 240 g/mol. The molecule has 0 N–H and O–H groups in total. The van der Waals surface area contributed by atoms with Crippen molar-refractivity contribution in [2.24, 2.45) is 0 Å². The molecule has 0 bridgehead atoms. The summed E-state index contributed by atoms with van der Waals surface area (Å²) >= 11 is 0. The number of ether oxygens (including phenoxy) is 1. The van der Waals surface area contributed by atoms with Crippen LogP contribution in [0, 0.1) is 0 Å². The number of aromatic nitrogens is 1. The van der Waals surface area contributed by atoms with Crippen LogP contribution in [-0.4, -0.2) is 37.1 Å².